The first-order valence-corrected chi connectivity index (χ1v) is 16.3. The van der Waals surface area contributed by atoms with E-state index < -0.39 is 12.0 Å². The van der Waals surface area contributed by atoms with Crippen LogP contribution in [0.1, 0.15) is 36.6 Å². The van der Waals surface area contributed by atoms with Crippen molar-refractivity contribution < 1.29 is 23.7 Å². The molecule has 3 aromatic carbocycles. The summed E-state index contributed by atoms with van der Waals surface area (Å²) in [5.41, 5.74) is 3.81. The SMILES string of the molecule is CCOC(=O)C1=C(C)N=c2s/c(=C\c3cn(Cc4ccc(Cl)c(Cl)c4)c4ccccc34)c(=O)n2[C@@H]1c1cc(OC)c(OC)c(OC)c1. The van der Waals surface area contributed by atoms with E-state index in [1.807, 2.05) is 48.7 Å². The lowest BCUT2D eigenvalue weighted by atomic mass is 9.95. The summed E-state index contributed by atoms with van der Waals surface area (Å²) in [6, 6.07) is 16.2. The van der Waals surface area contributed by atoms with E-state index in [2.05, 4.69) is 4.57 Å². The highest BCUT2D eigenvalue weighted by molar-refractivity contribution is 7.07. The molecule has 2 aromatic heterocycles. The lowest BCUT2D eigenvalue weighted by Gasteiger charge is -2.26. The molecule has 0 fully saturated rings. The number of carbonyl (C=O) groups excluding carboxylic acids is 1. The molecule has 5 aromatic rings. The summed E-state index contributed by atoms with van der Waals surface area (Å²) in [6.45, 7) is 4.18. The van der Waals surface area contributed by atoms with Gasteiger partial charge in [-0.1, -0.05) is 58.8 Å². The average Bonchev–Trinajstić information content (AvgIpc) is 3.57. The Balaban J connectivity index is 1.54. The predicted octanol–water partition coefficient (Wildman–Crippen LogP) is 6.13. The van der Waals surface area contributed by atoms with E-state index in [0.717, 1.165) is 22.0 Å². The smallest absolute Gasteiger partial charge is 0.338 e. The topological polar surface area (TPSA) is 93.3 Å². The van der Waals surface area contributed by atoms with E-state index >= 15 is 0 Å². The summed E-state index contributed by atoms with van der Waals surface area (Å²) in [7, 11) is 4.54. The van der Waals surface area contributed by atoms with Gasteiger partial charge in [0.1, 0.15) is 0 Å². The van der Waals surface area contributed by atoms with Crippen molar-refractivity contribution in [3.8, 4) is 17.2 Å². The number of thiazole rings is 1. The van der Waals surface area contributed by atoms with E-state index in [9.17, 15) is 9.59 Å². The Kier molecular flexibility index (Phi) is 9.18. The molecule has 0 spiro atoms. The molecular weight excluding hydrogens is 661 g/mol. The van der Waals surface area contributed by atoms with Crippen LogP contribution in [0.4, 0.5) is 0 Å². The van der Waals surface area contributed by atoms with Crippen LogP contribution in [0.2, 0.25) is 10.0 Å². The molecule has 6 rings (SSSR count). The summed E-state index contributed by atoms with van der Waals surface area (Å²) in [5.74, 6) is 0.599. The van der Waals surface area contributed by atoms with Crippen LogP contribution in [-0.2, 0) is 16.1 Å². The minimum Gasteiger partial charge on any atom is -0.493 e. The fraction of sp³-hybridized carbons (Fsp3) is 0.229. The predicted molar refractivity (Wildman–Crippen MR) is 184 cm³/mol. The molecule has 1 aliphatic rings. The van der Waals surface area contributed by atoms with Gasteiger partial charge in [-0.15, -0.1) is 0 Å². The molecule has 47 heavy (non-hydrogen) atoms. The molecule has 0 unspecified atom stereocenters. The van der Waals surface area contributed by atoms with Gasteiger partial charge in [0.05, 0.1) is 59.8 Å². The molecule has 0 saturated heterocycles. The molecule has 1 aliphatic heterocycles. The Morgan fingerprint density at radius 2 is 1.72 bits per heavy atom. The zero-order valence-corrected chi connectivity index (χ0v) is 28.6. The number of allylic oxidation sites excluding steroid dienone is 1. The van der Waals surface area contributed by atoms with Crippen molar-refractivity contribution in [2.45, 2.75) is 26.4 Å². The third-order valence-electron chi connectivity index (χ3n) is 7.96. The Morgan fingerprint density at radius 3 is 2.38 bits per heavy atom. The lowest BCUT2D eigenvalue weighted by Crippen LogP contribution is -2.40. The fourth-order valence-electron chi connectivity index (χ4n) is 5.86. The summed E-state index contributed by atoms with van der Waals surface area (Å²) in [6.07, 6.45) is 3.88. The van der Waals surface area contributed by atoms with Gasteiger partial charge in [-0.25, -0.2) is 9.79 Å². The van der Waals surface area contributed by atoms with Crippen molar-refractivity contribution in [2.24, 2.45) is 4.99 Å². The van der Waals surface area contributed by atoms with E-state index in [1.54, 1.807) is 32.0 Å². The summed E-state index contributed by atoms with van der Waals surface area (Å²) in [5, 5.41) is 1.96. The third kappa shape index (κ3) is 5.93. The van der Waals surface area contributed by atoms with Crippen LogP contribution < -0.4 is 29.1 Å². The van der Waals surface area contributed by atoms with Crippen molar-refractivity contribution in [3.05, 3.63) is 118 Å². The van der Waals surface area contributed by atoms with Crippen molar-refractivity contribution in [3.63, 3.8) is 0 Å². The van der Waals surface area contributed by atoms with Crippen LogP contribution in [0.5, 0.6) is 17.2 Å². The second kappa shape index (κ2) is 13.3. The summed E-state index contributed by atoms with van der Waals surface area (Å²) < 4.78 is 26.3. The number of carbonyl (C=O) groups is 1. The molecule has 1 atom stereocenters. The maximum Gasteiger partial charge on any atom is 0.338 e. The van der Waals surface area contributed by atoms with E-state index in [4.69, 9.17) is 47.1 Å². The molecule has 3 heterocycles. The number of halogens is 2. The number of ether oxygens (including phenoxy) is 4. The van der Waals surface area contributed by atoms with Gasteiger partial charge in [0.2, 0.25) is 5.75 Å². The highest BCUT2D eigenvalue weighted by Gasteiger charge is 2.34. The van der Waals surface area contributed by atoms with Gasteiger partial charge in [0.25, 0.3) is 5.56 Å². The van der Waals surface area contributed by atoms with Gasteiger partial charge in [0.15, 0.2) is 16.3 Å². The maximum absolute atomic E-state index is 14.4. The van der Waals surface area contributed by atoms with Crippen LogP contribution in [-0.4, -0.2) is 43.0 Å². The second-order valence-corrected chi connectivity index (χ2v) is 12.6. The Hall–Kier alpha value is -4.51. The summed E-state index contributed by atoms with van der Waals surface area (Å²) in [4.78, 5) is 32.9. The van der Waals surface area contributed by atoms with Crippen LogP contribution in [0.15, 0.2) is 81.9 Å². The number of hydrogen-bond donors (Lipinski definition) is 0. The molecule has 9 nitrogen and oxygen atoms in total. The highest BCUT2D eigenvalue weighted by atomic mass is 35.5. The number of nitrogens with zero attached hydrogens (tertiary/aromatic N) is 3. The number of aromatic nitrogens is 2. The Morgan fingerprint density at radius 1 is 1.00 bits per heavy atom. The zero-order valence-electron chi connectivity index (χ0n) is 26.3. The van der Waals surface area contributed by atoms with Gasteiger partial charge in [-0.2, -0.15) is 0 Å². The first-order valence-electron chi connectivity index (χ1n) is 14.7. The summed E-state index contributed by atoms with van der Waals surface area (Å²) >= 11 is 13.7. The first-order chi connectivity index (χ1) is 22.7. The fourth-order valence-corrected chi connectivity index (χ4v) is 7.22. The molecule has 12 heteroatoms. The monoisotopic (exact) mass is 691 g/mol. The molecule has 0 aliphatic carbocycles. The van der Waals surface area contributed by atoms with E-state index in [-0.39, 0.29) is 17.7 Å². The average molecular weight is 693 g/mol. The van der Waals surface area contributed by atoms with Crippen molar-refractivity contribution in [2.75, 3.05) is 27.9 Å². The van der Waals surface area contributed by atoms with Gasteiger partial charge in [-0.05, 0) is 61.4 Å². The Bertz CT molecular complexity index is 2230. The number of benzene rings is 3. The lowest BCUT2D eigenvalue weighted by molar-refractivity contribution is -0.139. The zero-order chi connectivity index (χ0) is 33.4. The van der Waals surface area contributed by atoms with Crippen LogP contribution in [0, 0.1) is 0 Å². The first kappa shape index (κ1) is 32.4. The molecule has 0 bridgehead atoms. The van der Waals surface area contributed by atoms with Gasteiger partial charge in [0, 0.05) is 29.2 Å². The number of fused-ring (bicyclic) bond motifs is 2. The minimum absolute atomic E-state index is 0.161. The van der Waals surface area contributed by atoms with E-state index in [1.165, 1.54) is 37.2 Å². The van der Waals surface area contributed by atoms with Crippen molar-refractivity contribution >= 4 is 57.5 Å². The van der Waals surface area contributed by atoms with Gasteiger partial charge >= 0.3 is 5.97 Å². The normalized spacial score (nSPS) is 14.6. The largest absolute Gasteiger partial charge is 0.493 e. The molecule has 242 valence electrons. The highest BCUT2D eigenvalue weighted by Crippen LogP contribution is 2.42. The number of para-hydroxylation sites is 1. The molecule has 0 radical (unpaired) electrons. The van der Waals surface area contributed by atoms with Crippen LogP contribution in [0.3, 0.4) is 0 Å². The number of rotatable bonds is 9. The standard InChI is InChI=1S/C35H31Cl2N3O6S/c1-6-46-34(42)30-19(2)38-35-40(31(30)21-14-27(43-3)32(45-5)28(15-21)44-4)33(41)29(47-35)16-22-18-39(26-10-8-7-9-23(22)26)17-20-11-12-24(36)25(37)13-20/h7-16,18,31H,6,17H2,1-5H3/b29-16-/t31-/m1/s1. The number of methoxy groups -OCH3 is 3. The molecule has 0 saturated carbocycles. The third-order valence-corrected chi connectivity index (χ3v) is 9.68. The van der Waals surface area contributed by atoms with Crippen molar-refractivity contribution in [1.82, 2.24) is 9.13 Å². The molecule has 0 N–H and O–H groups in total. The van der Waals surface area contributed by atoms with Gasteiger partial charge < -0.3 is 23.5 Å². The van der Waals surface area contributed by atoms with Crippen molar-refractivity contribution in [1.29, 1.82) is 0 Å². The molecule has 0 amide bonds. The quantitative estimate of drug-likeness (QED) is 0.173. The Labute approximate surface area is 284 Å². The number of esters is 1. The van der Waals surface area contributed by atoms with E-state index in [0.29, 0.717) is 54.4 Å². The second-order valence-electron chi connectivity index (χ2n) is 10.7. The minimum atomic E-state index is -0.864. The van der Waals surface area contributed by atoms with Crippen LogP contribution in [0.25, 0.3) is 17.0 Å². The number of hydrogen-bond acceptors (Lipinski definition) is 8. The molecular formula is C35H31Cl2N3O6S. The van der Waals surface area contributed by atoms with Crippen LogP contribution >= 0.6 is 34.5 Å². The maximum atomic E-state index is 14.4. The van der Waals surface area contributed by atoms with Gasteiger partial charge in [-0.3, -0.25) is 9.36 Å².